The van der Waals surface area contributed by atoms with Crippen molar-refractivity contribution in [3.05, 3.63) is 10.6 Å². The lowest BCUT2D eigenvalue weighted by atomic mass is 10.2. The van der Waals surface area contributed by atoms with Crippen LogP contribution in [-0.2, 0) is 0 Å². The maximum atomic E-state index is 12.3. The zero-order chi connectivity index (χ0) is 12.6. The minimum atomic E-state index is 0.0704. The normalized spacial score (nSPS) is 20.2. The second kappa shape index (κ2) is 4.62. The number of hydrogen-bond acceptors (Lipinski definition) is 5. The van der Waals surface area contributed by atoms with Gasteiger partial charge in [0.1, 0.15) is 4.88 Å². The van der Waals surface area contributed by atoms with E-state index in [9.17, 15) is 4.79 Å². The number of carbonyl (C=O) groups excluding carboxylic acids is 1. The summed E-state index contributed by atoms with van der Waals surface area (Å²) in [7, 11) is 4.10. The molecule has 0 bridgehead atoms. The average Bonchev–Trinajstić information content (AvgIpc) is 2.84. The van der Waals surface area contributed by atoms with Gasteiger partial charge in [-0.3, -0.25) is 4.79 Å². The summed E-state index contributed by atoms with van der Waals surface area (Å²) in [5, 5.41) is 0.467. The minimum Gasteiger partial charge on any atom is -0.375 e. The van der Waals surface area contributed by atoms with Crippen LogP contribution < -0.4 is 5.73 Å². The van der Waals surface area contributed by atoms with Gasteiger partial charge in [-0.05, 0) is 27.4 Å². The number of thiazole rings is 1. The van der Waals surface area contributed by atoms with Gasteiger partial charge in [-0.15, -0.1) is 0 Å². The van der Waals surface area contributed by atoms with E-state index in [2.05, 4.69) is 24.0 Å². The maximum absolute atomic E-state index is 12.3. The number of aryl methyl sites for hydroxylation is 1. The Kier molecular flexibility index (Phi) is 3.35. The molecule has 1 amide bonds. The van der Waals surface area contributed by atoms with E-state index in [-0.39, 0.29) is 5.91 Å². The molecule has 2 rings (SSSR count). The van der Waals surface area contributed by atoms with Gasteiger partial charge in [0.05, 0.1) is 5.69 Å². The fourth-order valence-corrected chi connectivity index (χ4v) is 2.91. The van der Waals surface area contributed by atoms with Crippen molar-refractivity contribution in [3.8, 4) is 0 Å². The lowest BCUT2D eigenvalue weighted by molar-refractivity contribution is 0.0787. The molecule has 2 N–H and O–H groups in total. The Labute approximate surface area is 105 Å². The number of nitrogens with two attached hydrogens (primary N) is 1. The van der Waals surface area contributed by atoms with E-state index in [0.717, 1.165) is 25.2 Å². The van der Waals surface area contributed by atoms with Crippen molar-refractivity contribution in [2.24, 2.45) is 0 Å². The van der Waals surface area contributed by atoms with Gasteiger partial charge < -0.3 is 15.5 Å². The number of likely N-dealkylation sites (tertiary alicyclic amines) is 1. The molecule has 1 aromatic rings. The minimum absolute atomic E-state index is 0.0704. The van der Waals surface area contributed by atoms with Crippen LogP contribution in [0.4, 0.5) is 5.13 Å². The molecule has 5 nitrogen and oxygen atoms in total. The third kappa shape index (κ3) is 2.42. The van der Waals surface area contributed by atoms with Gasteiger partial charge in [0.25, 0.3) is 5.91 Å². The van der Waals surface area contributed by atoms with Crippen LogP contribution in [0.1, 0.15) is 21.8 Å². The van der Waals surface area contributed by atoms with E-state index in [4.69, 9.17) is 5.73 Å². The molecular weight excluding hydrogens is 236 g/mol. The van der Waals surface area contributed by atoms with E-state index < -0.39 is 0 Å². The summed E-state index contributed by atoms with van der Waals surface area (Å²) in [6.07, 6.45) is 1.03. The number of rotatable bonds is 2. The molecule has 94 valence electrons. The third-order valence-corrected chi connectivity index (χ3v) is 4.16. The first-order valence-corrected chi connectivity index (χ1v) is 6.49. The quantitative estimate of drug-likeness (QED) is 0.848. The van der Waals surface area contributed by atoms with Crippen LogP contribution in [0, 0.1) is 6.92 Å². The molecule has 6 heteroatoms. The first-order chi connectivity index (χ1) is 7.99. The number of nitrogen functional groups attached to an aromatic ring is 1. The van der Waals surface area contributed by atoms with Gasteiger partial charge in [-0.2, -0.15) is 0 Å². The van der Waals surface area contributed by atoms with Gasteiger partial charge in [-0.1, -0.05) is 11.3 Å². The lowest BCUT2D eigenvalue weighted by Crippen LogP contribution is -2.34. The van der Waals surface area contributed by atoms with Crippen LogP contribution in [0.2, 0.25) is 0 Å². The monoisotopic (exact) mass is 254 g/mol. The van der Waals surface area contributed by atoms with Gasteiger partial charge in [0.15, 0.2) is 5.13 Å². The lowest BCUT2D eigenvalue weighted by Gasteiger charge is -2.20. The molecule has 0 radical (unpaired) electrons. The summed E-state index contributed by atoms with van der Waals surface area (Å²) in [5.41, 5.74) is 6.36. The Morgan fingerprint density at radius 2 is 2.29 bits per heavy atom. The number of amides is 1. The van der Waals surface area contributed by atoms with Crippen molar-refractivity contribution in [3.63, 3.8) is 0 Å². The molecule has 17 heavy (non-hydrogen) atoms. The van der Waals surface area contributed by atoms with Crippen LogP contribution in [0.15, 0.2) is 0 Å². The molecule has 2 heterocycles. The topological polar surface area (TPSA) is 62.5 Å². The van der Waals surface area contributed by atoms with Crippen molar-refractivity contribution < 1.29 is 4.79 Å². The van der Waals surface area contributed by atoms with Gasteiger partial charge >= 0.3 is 0 Å². The second-order valence-corrected chi connectivity index (χ2v) is 5.65. The Hall–Kier alpha value is -1.14. The Balaban J connectivity index is 2.09. The molecule has 1 saturated heterocycles. The zero-order valence-corrected chi connectivity index (χ0v) is 11.3. The van der Waals surface area contributed by atoms with Crippen LogP contribution in [-0.4, -0.2) is 53.9 Å². The molecule has 0 aliphatic carbocycles. The molecule has 1 atom stereocenters. The van der Waals surface area contributed by atoms with Crippen LogP contribution in [0.3, 0.4) is 0 Å². The second-order valence-electron chi connectivity index (χ2n) is 4.62. The number of carbonyl (C=O) groups is 1. The van der Waals surface area contributed by atoms with E-state index in [1.165, 1.54) is 11.3 Å². The van der Waals surface area contributed by atoms with Crippen molar-refractivity contribution in [2.45, 2.75) is 19.4 Å². The third-order valence-electron chi connectivity index (χ3n) is 3.19. The van der Waals surface area contributed by atoms with Crippen molar-refractivity contribution >= 4 is 22.4 Å². The molecular formula is C11H18N4OS. The highest BCUT2D eigenvalue weighted by atomic mass is 32.1. The number of likely N-dealkylation sites (N-methyl/N-ethyl adjacent to an activating group) is 1. The van der Waals surface area contributed by atoms with Gasteiger partial charge in [0.2, 0.25) is 0 Å². The average molecular weight is 254 g/mol. The summed E-state index contributed by atoms with van der Waals surface area (Å²) in [6.45, 7) is 3.45. The summed E-state index contributed by atoms with van der Waals surface area (Å²) >= 11 is 1.28. The van der Waals surface area contributed by atoms with Crippen molar-refractivity contribution in [1.82, 2.24) is 14.8 Å². The number of nitrogens with zero attached hydrogens (tertiary/aromatic N) is 3. The fourth-order valence-electron chi connectivity index (χ4n) is 2.11. The molecule has 1 fully saturated rings. The smallest absolute Gasteiger partial charge is 0.265 e. The summed E-state index contributed by atoms with van der Waals surface area (Å²) in [4.78, 5) is 21.1. The maximum Gasteiger partial charge on any atom is 0.265 e. The number of aromatic nitrogens is 1. The number of hydrogen-bond donors (Lipinski definition) is 1. The molecule has 0 saturated carbocycles. The predicted molar refractivity (Wildman–Crippen MR) is 69.3 cm³/mol. The van der Waals surface area contributed by atoms with Crippen LogP contribution in [0.5, 0.6) is 0 Å². The SMILES string of the molecule is Cc1nc(N)sc1C(=O)N1CCC(N(C)C)C1. The van der Waals surface area contributed by atoms with Crippen molar-refractivity contribution in [1.29, 1.82) is 0 Å². The molecule has 1 aliphatic rings. The highest BCUT2D eigenvalue weighted by Crippen LogP contribution is 2.24. The molecule has 0 spiro atoms. The molecule has 1 unspecified atom stereocenters. The Morgan fingerprint density at radius 1 is 1.59 bits per heavy atom. The van der Waals surface area contributed by atoms with Crippen LogP contribution >= 0.6 is 11.3 Å². The number of anilines is 1. The highest BCUT2D eigenvalue weighted by molar-refractivity contribution is 7.17. The molecule has 1 aliphatic heterocycles. The van der Waals surface area contributed by atoms with E-state index in [1.807, 2.05) is 11.8 Å². The standard InChI is InChI=1S/C11H18N4OS/c1-7-9(17-11(12)13-7)10(16)15-5-4-8(6-15)14(2)3/h8H,4-6H2,1-3H3,(H2,12,13). The van der Waals surface area contributed by atoms with E-state index in [0.29, 0.717) is 16.1 Å². The van der Waals surface area contributed by atoms with Gasteiger partial charge in [0, 0.05) is 19.1 Å². The largest absolute Gasteiger partial charge is 0.375 e. The Bertz CT molecular complexity index is 429. The zero-order valence-electron chi connectivity index (χ0n) is 10.4. The highest BCUT2D eigenvalue weighted by Gasteiger charge is 2.29. The van der Waals surface area contributed by atoms with Gasteiger partial charge in [-0.25, -0.2) is 4.98 Å². The Morgan fingerprint density at radius 3 is 2.76 bits per heavy atom. The summed E-state index contributed by atoms with van der Waals surface area (Å²) in [6, 6.07) is 0.463. The first-order valence-electron chi connectivity index (χ1n) is 5.67. The van der Waals surface area contributed by atoms with Crippen LogP contribution in [0.25, 0.3) is 0 Å². The fraction of sp³-hybridized carbons (Fsp3) is 0.636. The molecule has 1 aromatic heterocycles. The summed E-state index contributed by atoms with van der Waals surface area (Å²) in [5.74, 6) is 0.0704. The first kappa shape index (κ1) is 12.3. The molecule has 0 aromatic carbocycles. The van der Waals surface area contributed by atoms with E-state index >= 15 is 0 Å². The summed E-state index contributed by atoms with van der Waals surface area (Å²) < 4.78 is 0. The predicted octanol–water partition coefficient (Wildman–Crippen LogP) is 0.810. The van der Waals surface area contributed by atoms with E-state index in [1.54, 1.807) is 0 Å². The van der Waals surface area contributed by atoms with Crippen molar-refractivity contribution in [2.75, 3.05) is 32.9 Å².